The molecular formula is C21H16ClN3O5S. The molecule has 31 heavy (non-hydrogen) atoms. The Hall–Kier alpha value is -3.27. The number of hydrogen-bond acceptors (Lipinski definition) is 6. The monoisotopic (exact) mass is 457 g/mol. The molecule has 1 N–H and O–H groups in total. The van der Waals surface area contributed by atoms with Crippen LogP contribution in [-0.4, -0.2) is 27.8 Å². The minimum atomic E-state index is -3.87. The zero-order valence-electron chi connectivity index (χ0n) is 16.0. The zero-order chi connectivity index (χ0) is 22.2. The van der Waals surface area contributed by atoms with Crippen molar-refractivity contribution in [1.29, 1.82) is 0 Å². The number of nitro groups is 1. The lowest BCUT2D eigenvalue weighted by Crippen LogP contribution is -2.07. The molecule has 0 saturated heterocycles. The summed E-state index contributed by atoms with van der Waals surface area (Å²) in [5, 5.41) is 21.8. The van der Waals surface area contributed by atoms with Gasteiger partial charge in [0.25, 0.3) is 0 Å². The Kier molecular flexibility index (Phi) is 5.48. The minimum absolute atomic E-state index is 0.0465. The largest absolute Gasteiger partial charge is 0.392 e. The van der Waals surface area contributed by atoms with Crippen LogP contribution in [0.4, 0.5) is 5.82 Å². The second-order valence-electron chi connectivity index (χ2n) is 6.79. The SMILES string of the molecule is O=[N+]([O-])c1c(CS(=O)(=O)c2ccccc2)nc2c(-c3ccccc3CO)cc(Cl)cn12. The highest BCUT2D eigenvalue weighted by Crippen LogP contribution is 2.34. The molecule has 0 aliphatic heterocycles. The van der Waals surface area contributed by atoms with E-state index in [0.717, 1.165) is 0 Å². The van der Waals surface area contributed by atoms with Crippen LogP contribution in [0.15, 0.2) is 71.8 Å². The summed E-state index contributed by atoms with van der Waals surface area (Å²) in [7, 11) is -3.87. The van der Waals surface area contributed by atoms with Crippen LogP contribution < -0.4 is 0 Å². The van der Waals surface area contributed by atoms with Gasteiger partial charge in [-0.25, -0.2) is 13.4 Å². The summed E-state index contributed by atoms with van der Waals surface area (Å²) in [4.78, 5) is 15.6. The van der Waals surface area contributed by atoms with Crippen LogP contribution >= 0.6 is 11.6 Å². The maximum atomic E-state index is 12.8. The summed E-state index contributed by atoms with van der Waals surface area (Å²) in [6, 6.07) is 16.2. The summed E-state index contributed by atoms with van der Waals surface area (Å²) < 4.78 is 26.9. The van der Waals surface area contributed by atoms with Crippen LogP contribution in [0.25, 0.3) is 16.8 Å². The van der Waals surface area contributed by atoms with Crippen molar-refractivity contribution in [2.24, 2.45) is 0 Å². The number of imidazole rings is 1. The van der Waals surface area contributed by atoms with E-state index in [-0.39, 0.29) is 27.9 Å². The molecule has 2 aromatic heterocycles. The van der Waals surface area contributed by atoms with Gasteiger partial charge in [0.15, 0.2) is 15.5 Å². The first-order valence-corrected chi connectivity index (χ1v) is 11.2. The molecule has 8 nitrogen and oxygen atoms in total. The molecule has 158 valence electrons. The molecule has 4 rings (SSSR count). The van der Waals surface area contributed by atoms with Gasteiger partial charge in [-0.15, -0.1) is 0 Å². The second kappa shape index (κ2) is 8.10. The van der Waals surface area contributed by atoms with Gasteiger partial charge >= 0.3 is 5.82 Å². The first-order chi connectivity index (χ1) is 14.8. The first-order valence-electron chi connectivity index (χ1n) is 9.13. The van der Waals surface area contributed by atoms with Gasteiger partial charge < -0.3 is 15.2 Å². The van der Waals surface area contributed by atoms with Gasteiger partial charge in [0, 0.05) is 0 Å². The Morgan fingerprint density at radius 3 is 2.42 bits per heavy atom. The fourth-order valence-electron chi connectivity index (χ4n) is 3.45. The average molecular weight is 458 g/mol. The fraction of sp³-hybridized carbons (Fsp3) is 0.0952. The van der Waals surface area contributed by atoms with E-state index in [1.165, 1.54) is 22.7 Å². The van der Waals surface area contributed by atoms with E-state index in [1.54, 1.807) is 48.5 Å². The lowest BCUT2D eigenvalue weighted by atomic mass is 10.0. The van der Waals surface area contributed by atoms with Gasteiger partial charge in [-0.2, -0.15) is 4.40 Å². The van der Waals surface area contributed by atoms with Crippen molar-refractivity contribution in [2.45, 2.75) is 17.3 Å². The Morgan fingerprint density at radius 2 is 1.74 bits per heavy atom. The lowest BCUT2D eigenvalue weighted by Gasteiger charge is -2.07. The van der Waals surface area contributed by atoms with Crippen molar-refractivity contribution in [2.75, 3.05) is 0 Å². The number of pyridine rings is 1. The van der Waals surface area contributed by atoms with Crippen molar-refractivity contribution >= 4 is 32.9 Å². The minimum Gasteiger partial charge on any atom is -0.392 e. The summed E-state index contributed by atoms with van der Waals surface area (Å²) >= 11 is 6.23. The molecule has 0 bridgehead atoms. The number of nitrogens with zero attached hydrogens (tertiary/aromatic N) is 3. The highest BCUT2D eigenvalue weighted by molar-refractivity contribution is 7.90. The maximum Gasteiger partial charge on any atom is 0.352 e. The van der Waals surface area contributed by atoms with E-state index in [2.05, 4.69) is 4.98 Å². The zero-order valence-corrected chi connectivity index (χ0v) is 17.5. The summed E-state index contributed by atoms with van der Waals surface area (Å²) in [6.07, 6.45) is 1.33. The summed E-state index contributed by atoms with van der Waals surface area (Å²) in [5.41, 5.74) is 1.60. The topological polar surface area (TPSA) is 115 Å². The molecular weight excluding hydrogens is 442 g/mol. The number of fused-ring (bicyclic) bond motifs is 1. The van der Waals surface area contributed by atoms with E-state index >= 15 is 0 Å². The third-order valence-corrected chi connectivity index (χ3v) is 6.66. The highest BCUT2D eigenvalue weighted by Gasteiger charge is 2.30. The number of aliphatic hydroxyl groups excluding tert-OH is 1. The molecule has 10 heteroatoms. The fourth-order valence-corrected chi connectivity index (χ4v) is 4.95. The highest BCUT2D eigenvalue weighted by atomic mass is 35.5. The maximum absolute atomic E-state index is 12.8. The Morgan fingerprint density at radius 1 is 1.06 bits per heavy atom. The predicted octanol–water partition coefficient (Wildman–Crippen LogP) is 4.03. The van der Waals surface area contributed by atoms with E-state index in [4.69, 9.17) is 11.6 Å². The van der Waals surface area contributed by atoms with Gasteiger partial charge in [-0.05, 0) is 34.2 Å². The van der Waals surface area contributed by atoms with Gasteiger partial charge in [0.1, 0.15) is 11.9 Å². The van der Waals surface area contributed by atoms with Crippen LogP contribution in [0, 0.1) is 10.1 Å². The summed E-state index contributed by atoms with van der Waals surface area (Å²) in [6.45, 7) is -0.257. The Bertz CT molecular complexity index is 1400. The van der Waals surface area contributed by atoms with Crippen molar-refractivity contribution in [3.8, 4) is 11.1 Å². The quantitative estimate of drug-likeness (QED) is 0.345. The molecule has 0 aliphatic carbocycles. The van der Waals surface area contributed by atoms with Crippen molar-refractivity contribution < 1.29 is 18.4 Å². The number of sulfone groups is 1. The molecule has 0 aliphatic rings. The standard InChI is InChI=1S/C21H16ClN3O5S/c22-15-10-18(17-9-5-4-6-14(17)12-26)20-23-19(21(25(27)28)24(20)11-15)13-31(29,30)16-7-2-1-3-8-16/h1-11,26H,12-13H2. The Labute approximate surface area is 182 Å². The number of rotatable bonds is 6. The van der Waals surface area contributed by atoms with Crippen molar-refractivity contribution in [1.82, 2.24) is 9.38 Å². The second-order valence-corrected chi connectivity index (χ2v) is 9.22. The third-order valence-electron chi connectivity index (χ3n) is 4.81. The van der Waals surface area contributed by atoms with E-state index in [1.807, 2.05) is 0 Å². The molecule has 0 spiro atoms. The molecule has 0 fully saturated rings. The van der Waals surface area contributed by atoms with E-state index < -0.39 is 26.3 Å². The molecule has 2 heterocycles. The normalized spacial score (nSPS) is 11.7. The van der Waals surface area contributed by atoms with Crippen LogP contribution in [0.3, 0.4) is 0 Å². The van der Waals surface area contributed by atoms with Crippen LogP contribution in [0.5, 0.6) is 0 Å². The molecule has 2 aromatic carbocycles. The number of halogens is 1. The number of benzene rings is 2. The average Bonchev–Trinajstić information content (AvgIpc) is 3.10. The smallest absolute Gasteiger partial charge is 0.352 e. The molecule has 4 aromatic rings. The van der Waals surface area contributed by atoms with Gasteiger partial charge in [-0.1, -0.05) is 54.1 Å². The lowest BCUT2D eigenvalue weighted by molar-refractivity contribution is -0.391. The van der Waals surface area contributed by atoms with Crippen LogP contribution in [0.1, 0.15) is 11.3 Å². The Balaban J connectivity index is 1.96. The van der Waals surface area contributed by atoms with Gasteiger partial charge in [-0.3, -0.25) is 0 Å². The first kappa shape index (κ1) is 21.0. The van der Waals surface area contributed by atoms with Crippen LogP contribution in [0.2, 0.25) is 5.02 Å². The molecule has 0 saturated carbocycles. The van der Waals surface area contributed by atoms with Gasteiger partial charge in [0.05, 0.1) is 22.1 Å². The third kappa shape index (κ3) is 3.90. The summed E-state index contributed by atoms with van der Waals surface area (Å²) in [5.74, 6) is -1.12. The van der Waals surface area contributed by atoms with E-state index in [9.17, 15) is 23.6 Å². The molecule has 0 unspecified atom stereocenters. The molecule has 0 amide bonds. The molecule has 0 atom stereocenters. The van der Waals surface area contributed by atoms with E-state index in [0.29, 0.717) is 16.7 Å². The number of aliphatic hydroxyl groups is 1. The van der Waals surface area contributed by atoms with Crippen molar-refractivity contribution in [3.63, 3.8) is 0 Å². The van der Waals surface area contributed by atoms with Crippen LogP contribution in [-0.2, 0) is 22.2 Å². The van der Waals surface area contributed by atoms with Gasteiger partial charge in [0.2, 0.25) is 5.65 Å². The molecule has 0 radical (unpaired) electrons. The number of hydrogen-bond donors (Lipinski definition) is 1. The number of aromatic nitrogens is 2. The van der Waals surface area contributed by atoms with Crippen molar-refractivity contribution in [3.05, 3.63) is 93.3 Å². The predicted molar refractivity (Wildman–Crippen MR) is 116 cm³/mol.